The van der Waals surface area contributed by atoms with Gasteiger partial charge in [-0.3, -0.25) is 0 Å². The van der Waals surface area contributed by atoms with Gasteiger partial charge in [0.25, 0.3) is 0 Å². The third-order valence-electron chi connectivity index (χ3n) is 4.55. The summed E-state index contributed by atoms with van der Waals surface area (Å²) in [6, 6.07) is 28.8. The molecular formula is C22H26B2N2O2. The molecule has 0 aromatic heterocycles. The van der Waals surface area contributed by atoms with Crippen LogP contribution in [0.25, 0.3) is 0 Å². The molecule has 0 fully saturated rings. The maximum atomic E-state index is 6.04. The third-order valence-corrected chi connectivity index (χ3v) is 4.55. The van der Waals surface area contributed by atoms with Gasteiger partial charge in [0.15, 0.2) is 0 Å². The first-order valence-corrected chi connectivity index (χ1v) is 9.66. The Hall–Kier alpha value is -2.37. The minimum Gasteiger partial charge on any atom is -0.426 e. The Morgan fingerprint density at radius 2 is 0.821 bits per heavy atom. The van der Waals surface area contributed by atoms with E-state index in [4.69, 9.17) is 20.8 Å². The molecule has 3 aromatic carbocycles. The lowest BCUT2D eigenvalue weighted by atomic mass is 9.52. The van der Waals surface area contributed by atoms with Gasteiger partial charge in [0.1, 0.15) is 0 Å². The van der Waals surface area contributed by atoms with E-state index in [1.165, 1.54) is 0 Å². The zero-order chi connectivity index (χ0) is 19.6. The second-order valence-corrected chi connectivity index (χ2v) is 6.57. The van der Waals surface area contributed by atoms with Gasteiger partial charge in [-0.2, -0.15) is 0 Å². The molecule has 0 saturated carbocycles. The lowest BCUT2D eigenvalue weighted by molar-refractivity contribution is 0.344. The average Bonchev–Trinajstić information content (AvgIpc) is 2.77. The highest BCUT2D eigenvalue weighted by atomic mass is 16.4. The molecule has 4 N–H and O–H groups in total. The molecule has 0 bridgehead atoms. The van der Waals surface area contributed by atoms with Crippen LogP contribution in [0.15, 0.2) is 84.9 Å². The van der Waals surface area contributed by atoms with Crippen molar-refractivity contribution in [2.24, 2.45) is 11.5 Å². The number of hydrogen-bond acceptors (Lipinski definition) is 4. The smallest absolute Gasteiger partial charge is 0.361 e. The molecule has 0 atom stereocenters. The van der Waals surface area contributed by atoms with Crippen LogP contribution in [0.5, 0.6) is 0 Å². The summed E-state index contributed by atoms with van der Waals surface area (Å²) in [7, 11) is 0. The van der Waals surface area contributed by atoms with Crippen LogP contribution in [-0.4, -0.2) is 40.1 Å². The summed E-state index contributed by atoms with van der Waals surface area (Å²) < 4.78 is 12.1. The van der Waals surface area contributed by atoms with E-state index in [1.54, 1.807) is 0 Å². The lowest BCUT2D eigenvalue weighted by Gasteiger charge is -2.18. The summed E-state index contributed by atoms with van der Waals surface area (Å²) in [6.45, 7) is 1.72. The monoisotopic (exact) mass is 372 g/mol. The molecule has 3 rings (SSSR count). The topological polar surface area (TPSA) is 70.5 Å². The summed E-state index contributed by atoms with van der Waals surface area (Å²) in [6.07, 6.45) is 0. The standard InChI is InChI=1S/C22H26B2N2O2/c25-15-17-27-23(19-7-3-1-4-8-19)21-11-13-22(14-12-21)24(28-18-16-26)20-9-5-2-6-10-20/h1-14H,15-18,25-26H2. The van der Waals surface area contributed by atoms with Crippen LogP contribution in [0.3, 0.4) is 0 Å². The summed E-state index contributed by atoms with van der Waals surface area (Å²) in [5.74, 6) is 0. The first-order valence-electron chi connectivity index (χ1n) is 9.66. The van der Waals surface area contributed by atoms with Gasteiger partial charge < -0.3 is 20.8 Å². The number of hydrogen-bond donors (Lipinski definition) is 2. The summed E-state index contributed by atoms with van der Waals surface area (Å²) >= 11 is 0. The highest BCUT2D eigenvalue weighted by Crippen LogP contribution is 1.97. The Morgan fingerprint density at radius 3 is 1.14 bits per heavy atom. The lowest BCUT2D eigenvalue weighted by Crippen LogP contribution is -2.48. The van der Waals surface area contributed by atoms with E-state index in [2.05, 4.69) is 48.5 Å². The molecule has 3 aromatic rings. The third kappa shape index (κ3) is 5.33. The molecule has 0 saturated heterocycles. The molecule has 0 spiro atoms. The maximum absolute atomic E-state index is 6.04. The number of benzene rings is 3. The molecular weight excluding hydrogens is 346 g/mol. The van der Waals surface area contributed by atoms with E-state index < -0.39 is 0 Å². The van der Waals surface area contributed by atoms with Gasteiger partial charge in [0, 0.05) is 26.3 Å². The van der Waals surface area contributed by atoms with Crippen molar-refractivity contribution in [1.82, 2.24) is 0 Å². The highest BCUT2D eigenvalue weighted by molar-refractivity contribution is 6.81. The number of nitrogens with two attached hydrogens (primary N) is 2. The van der Waals surface area contributed by atoms with Crippen molar-refractivity contribution >= 4 is 35.7 Å². The Morgan fingerprint density at radius 1 is 0.500 bits per heavy atom. The van der Waals surface area contributed by atoms with Crippen LogP contribution in [0.4, 0.5) is 0 Å². The predicted molar refractivity (Wildman–Crippen MR) is 119 cm³/mol. The molecule has 0 heterocycles. The Kier molecular flexibility index (Phi) is 7.88. The van der Waals surface area contributed by atoms with E-state index in [9.17, 15) is 0 Å². The quantitative estimate of drug-likeness (QED) is 0.486. The van der Waals surface area contributed by atoms with Crippen molar-refractivity contribution in [3.05, 3.63) is 84.9 Å². The van der Waals surface area contributed by atoms with E-state index in [0.29, 0.717) is 26.3 Å². The van der Waals surface area contributed by atoms with Crippen molar-refractivity contribution in [2.75, 3.05) is 26.3 Å². The summed E-state index contributed by atoms with van der Waals surface area (Å²) in [5, 5.41) is 0. The van der Waals surface area contributed by atoms with E-state index in [-0.39, 0.29) is 13.8 Å². The molecule has 0 aliphatic carbocycles. The van der Waals surface area contributed by atoms with Crippen LogP contribution < -0.4 is 33.3 Å². The average molecular weight is 372 g/mol. The van der Waals surface area contributed by atoms with Crippen LogP contribution >= 0.6 is 0 Å². The second kappa shape index (κ2) is 10.8. The van der Waals surface area contributed by atoms with Gasteiger partial charge in [-0.15, -0.1) is 0 Å². The van der Waals surface area contributed by atoms with E-state index in [0.717, 1.165) is 21.9 Å². The molecule has 0 amide bonds. The second-order valence-electron chi connectivity index (χ2n) is 6.57. The van der Waals surface area contributed by atoms with Crippen molar-refractivity contribution in [1.29, 1.82) is 0 Å². The van der Waals surface area contributed by atoms with Crippen LogP contribution in [0, 0.1) is 0 Å². The Bertz CT molecular complexity index is 746. The molecule has 0 radical (unpaired) electrons. The largest absolute Gasteiger partial charge is 0.426 e. The Balaban J connectivity index is 1.86. The van der Waals surface area contributed by atoms with Crippen LogP contribution in [0.2, 0.25) is 0 Å². The highest BCUT2D eigenvalue weighted by Gasteiger charge is 2.24. The molecule has 28 heavy (non-hydrogen) atoms. The minimum absolute atomic E-state index is 0.140. The van der Waals surface area contributed by atoms with E-state index in [1.807, 2.05) is 36.4 Å². The minimum atomic E-state index is -0.140. The van der Waals surface area contributed by atoms with Gasteiger partial charge in [0.05, 0.1) is 0 Å². The zero-order valence-electron chi connectivity index (χ0n) is 16.0. The molecule has 6 heteroatoms. The van der Waals surface area contributed by atoms with Crippen molar-refractivity contribution in [3.63, 3.8) is 0 Å². The molecule has 142 valence electrons. The normalized spacial score (nSPS) is 10.6. The molecule has 0 unspecified atom stereocenters. The maximum Gasteiger partial charge on any atom is 0.361 e. The summed E-state index contributed by atoms with van der Waals surface area (Å²) in [4.78, 5) is 0. The van der Waals surface area contributed by atoms with Crippen LogP contribution in [-0.2, 0) is 9.31 Å². The zero-order valence-corrected chi connectivity index (χ0v) is 16.0. The fourth-order valence-corrected chi connectivity index (χ4v) is 3.24. The van der Waals surface area contributed by atoms with Gasteiger partial charge in [-0.1, -0.05) is 84.9 Å². The van der Waals surface area contributed by atoms with Crippen LogP contribution in [0.1, 0.15) is 0 Å². The number of rotatable bonds is 10. The molecule has 4 nitrogen and oxygen atoms in total. The summed E-state index contributed by atoms with van der Waals surface area (Å²) in [5.41, 5.74) is 15.7. The first-order chi connectivity index (χ1) is 13.8. The van der Waals surface area contributed by atoms with Crippen molar-refractivity contribution in [3.8, 4) is 0 Å². The fourth-order valence-electron chi connectivity index (χ4n) is 3.24. The fraction of sp³-hybridized carbons (Fsp3) is 0.182. The SMILES string of the molecule is NCCOB(c1ccccc1)c1ccc(B(OCCN)c2ccccc2)cc1. The Labute approximate surface area is 168 Å². The van der Waals surface area contributed by atoms with Gasteiger partial charge in [-0.05, 0) is 21.9 Å². The molecule has 0 aliphatic heterocycles. The predicted octanol–water partition coefficient (Wildman–Crippen LogP) is -0.151. The van der Waals surface area contributed by atoms with Crippen molar-refractivity contribution < 1.29 is 9.31 Å². The van der Waals surface area contributed by atoms with Crippen molar-refractivity contribution in [2.45, 2.75) is 0 Å². The van der Waals surface area contributed by atoms with Gasteiger partial charge in [-0.25, -0.2) is 0 Å². The van der Waals surface area contributed by atoms with Gasteiger partial charge in [0.2, 0.25) is 0 Å². The van der Waals surface area contributed by atoms with Gasteiger partial charge >= 0.3 is 13.8 Å². The first kappa shape index (κ1) is 20.4. The van der Waals surface area contributed by atoms with E-state index >= 15 is 0 Å². The molecule has 0 aliphatic rings.